The first-order valence-corrected chi connectivity index (χ1v) is 10.5. The number of hydrogen-bond acceptors (Lipinski definition) is 2. The lowest BCUT2D eigenvalue weighted by atomic mass is 9.63. The summed E-state index contributed by atoms with van der Waals surface area (Å²) in [5.41, 5.74) is -2.07. The average molecular weight is 467 g/mol. The zero-order valence-electron chi connectivity index (χ0n) is 17.3. The largest absolute Gasteiger partial charge is 0.465 e. The topological polar surface area (TPSA) is 64.3 Å². The van der Waals surface area contributed by atoms with Gasteiger partial charge in [-0.05, 0) is 30.0 Å². The lowest BCUT2D eigenvalue weighted by Gasteiger charge is -2.37. The Morgan fingerprint density at radius 2 is 1.97 bits per heavy atom. The number of nitrogens with zero attached hydrogens (tertiary/aromatic N) is 2. The normalized spacial score (nSPS) is 23.6. The second-order valence-electron chi connectivity index (χ2n) is 9.05. The molecule has 0 bridgehead atoms. The third-order valence-electron chi connectivity index (χ3n) is 5.75. The van der Waals surface area contributed by atoms with E-state index in [9.17, 15) is 15.2 Å². The second-order valence-corrected chi connectivity index (χ2v) is 9.89. The van der Waals surface area contributed by atoms with E-state index < -0.39 is 35.1 Å². The molecule has 1 aliphatic heterocycles. The zero-order chi connectivity index (χ0) is 23.1. The molecule has 1 heterocycles. The molecule has 0 radical (unpaired) electrons. The number of carbonyl (C=O) groups is 1. The van der Waals surface area contributed by atoms with Crippen LogP contribution in [0.25, 0.3) is 0 Å². The SMILES string of the molecule is CC(C)(C)C[C@@H]1CN(C(=O)O)[C@H](c2cccc(Cl)c2F)[C@@]1(C#N)c1ccc(Cl)cc1F. The fourth-order valence-corrected chi connectivity index (χ4v) is 5.00. The standard InChI is InChI=1S/C23H22Cl2F2N2O2/c1-22(2,3)10-13-11-29(21(30)31)20(15-5-4-6-17(25)19(15)27)23(13,12-28)16-8-7-14(24)9-18(16)26/h4-9,13,20H,10-11H2,1-3H3,(H,30,31)/t13-,20-,23-/m1/s1. The first kappa shape index (κ1) is 23.3. The molecule has 1 aliphatic rings. The molecule has 2 aromatic rings. The number of rotatable bonds is 3. The van der Waals surface area contributed by atoms with Crippen LogP contribution in [0.2, 0.25) is 10.0 Å². The molecule has 0 aromatic heterocycles. The Balaban J connectivity index is 2.38. The molecular weight excluding hydrogens is 445 g/mol. The van der Waals surface area contributed by atoms with Crippen molar-refractivity contribution in [3.63, 3.8) is 0 Å². The first-order valence-electron chi connectivity index (χ1n) is 9.72. The van der Waals surface area contributed by atoms with Gasteiger partial charge in [0.2, 0.25) is 0 Å². The molecule has 4 nitrogen and oxygen atoms in total. The van der Waals surface area contributed by atoms with Gasteiger partial charge in [-0.15, -0.1) is 0 Å². The van der Waals surface area contributed by atoms with E-state index in [1.165, 1.54) is 30.3 Å². The van der Waals surface area contributed by atoms with Gasteiger partial charge in [0.1, 0.15) is 17.0 Å². The molecule has 0 aliphatic carbocycles. The smallest absolute Gasteiger partial charge is 0.407 e. The summed E-state index contributed by atoms with van der Waals surface area (Å²) in [4.78, 5) is 13.2. The molecule has 3 rings (SSSR count). The van der Waals surface area contributed by atoms with Crippen molar-refractivity contribution in [1.82, 2.24) is 4.90 Å². The third-order valence-corrected chi connectivity index (χ3v) is 6.27. The van der Waals surface area contributed by atoms with Crippen molar-refractivity contribution in [2.75, 3.05) is 6.54 Å². The maximum Gasteiger partial charge on any atom is 0.407 e. The number of amides is 1. The number of hydrogen-bond donors (Lipinski definition) is 1. The fourth-order valence-electron chi connectivity index (χ4n) is 4.66. The van der Waals surface area contributed by atoms with Crippen LogP contribution < -0.4 is 0 Å². The third kappa shape index (κ3) is 4.09. The van der Waals surface area contributed by atoms with Crippen LogP contribution >= 0.6 is 23.2 Å². The maximum absolute atomic E-state index is 15.2. The summed E-state index contributed by atoms with van der Waals surface area (Å²) < 4.78 is 30.4. The van der Waals surface area contributed by atoms with E-state index in [2.05, 4.69) is 6.07 Å². The zero-order valence-corrected chi connectivity index (χ0v) is 18.8. The van der Waals surface area contributed by atoms with Crippen LogP contribution in [0.4, 0.5) is 13.6 Å². The Morgan fingerprint density at radius 1 is 1.29 bits per heavy atom. The van der Waals surface area contributed by atoms with Crippen LogP contribution in [0, 0.1) is 34.3 Å². The Hall–Kier alpha value is -2.36. The Labute approximate surface area is 190 Å². The van der Waals surface area contributed by atoms with E-state index in [1.807, 2.05) is 20.8 Å². The molecule has 0 saturated carbocycles. The predicted molar refractivity (Wildman–Crippen MR) is 115 cm³/mol. The van der Waals surface area contributed by atoms with Crippen molar-refractivity contribution in [3.8, 4) is 6.07 Å². The quantitative estimate of drug-likeness (QED) is 0.539. The molecule has 3 atom stereocenters. The molecule has 0 unspecified atom stereocenters. The van der Waals surface area contributed by atoms with Gasteiger partial charge in [0.05, 0.1) is 17.1 Å². The molecule has 31 heavy (non-hydrogen) atoms. The number of likely N-dealkylation sites (tertiary alicyclic amines) is 1. The van der Waals surface area contributed by atoms with Crippen LogP contribution in [0.3, 0.4) is 0 Å². The van der Waals surface area contributed by atoms with Crippen molar-refractivity contribution in [2.24, 2.45) is 11.3 Å². The summed E-state index contributed by atoms with van der Waals surface area (Å²) in [5, 5.41) is 20.4. The molecular formula is C23H22Cl2F2N2O2. The molecule has 1 amide bonds. The van der Waals surface area contributed by atoms with Crippen molar-refractivity contribution in [3.05, 3.63) is 69.2 Å². The number of halogens is 4. The Bertz CT molecular complexity index is 1060. The van der Waals surface area contributed by atoms with Crippen LogP contribution in [0.15, 0.2) is 36.4 Å². The van der Waals surface area contributed by atoms with Gasteiger partial charge in [0.25, 0.3) is 0 Å². The monoisotopic (exact) mass is 466 g/mol. The first-order chi connectivity index (χ1) is 14.4. The van der Waals surface area contributed by atoms with Crippen molar-refractivity contribution >= 4 is 29.3 Å². The number of benzene rings is 2. The Kier molecular flexibility index (Phi) is 6.23. The van der Waals surface area contributed by atoms with E-state index in [4.69, 9.17) is 23.2 Å². The molecule has 2 aromatic carbocycles. The molecule has 164 valence electrons. The van der Waals surface area contributed by atoms with Crippen molar-refractivity contribution < 1.29 is 18.7 Å². The summed E-state index contributed by atoms with van der Waals surface area (Å²) in [6, 6.07) is 9.04. The highest BCUT2D eigenvalue weighted by Gasteiger charge is 2.60. The lowest BCUT2D eigenvalue weighted by molar-refractivity contribution is 0.133. The summed E-state index contributed by atoms with van der Waals surface area (Å²) in [5.74, 6) is -2.17. The maximum atomic E-state index is 15.2. The van der Waals surface area contributed by atoms with Crippen LogP contribution in [0.5, 0.6) is 0 Å². The predicted octanol–water partition coefficient (Wildman–Crippen LogP) is 6.82. The molecule has 8 heteroatoms. The van der Waals surface area contributed by atoms with Crippen molar-refractivity contribution in [2.45, 2.75) is 38.6 Å². The molecule has 1 N–H and O–H groups in total. The van der Waals surface area contributed by atoms with Gasteiger partial charge >= 0.3 is 6.09 Å². The fraction of sp³-hybridized carbons (Fsp3) is 0.391. The number of carboxylic acid groups (broad SMARTS) is 1. The highest BCUT2D eigenvalue weighted by atomic mass is 35.5. The van der Waals surface area contributed by atoms with E-state index >= 15 is 8.78 Å². The van der Waals surface area contributed by atoms with Gasteiger partial charge in [0.15, 0.2) is 0 Å². The van der Waals surface area contributed by atoms with E-state index in [0.29, 0.717) is 6.42 Å². The molecule has 1 saturated heterocycles. The highest BCUT2D eigenvalue weighted by molar-refractivity contribution is 6.31. The van der Waals surface area contributed by atoms with Crippen molar-refractivity contribution in [1.29, 1.82) is 5.26 Å². The van der Waals surface area contributed by atoms with Gasteiger partial charge < -0.3 is 5.11 Å². The van der Waals surface area contributed by atoms with Gasteiger partial charge in [-0.2, -0.15) is 5.26 Å². The molecule has 1 fully saturated rings. The summed E-state index contributed by atoms with van der Waals surface area (Å²) in [7, 11) is 0. The van der Waals surface area contributed by atoms with Gasteiger partial charge in [-0.25, -0.2) is 13.6 Å². The summed E-state index contributed by atoms with van der Waals surface area (Å²) in [6.45, 7) is 5.79. The number of nitriles is 1. The van der Waals surface area contributed by atoms with Crippen LogP contribution in [-0.2, 0) is 5.41 Å². The van der Waals surface area contributed by atoms with Crippen LogP contribution in [-0.4, -0.2) is 22.6 Å². The van der Waals surface area contributed by atoms with Crippen LogP contribution in [0.1, 0.15) is 44.4 Å². The lowest BCUT2D eigenvalue weighted by Crippen LogP contribution is -2.40. The van der Waals surface area contributed by atoms with E-state index in [-0.39, 0.29) is 33.1 Å². The van der Waals surface area contributed by atoms with Gasteiger partial charge in [-0.1, -0.05) is 62.2 Å². The van der Waals surface area contributed by atoms with E-state index in [1.54, 1.807) is 0 Å². The molecule has 0 spiro atoms. The van der Waals surface area contributed by atoms with E-state index in [0.717, 1.165) is 11.0 Å². The van der Waals surface area contributed by atoms with Gasteiger partial charge in [-0.3, -0.25) is 4.90 Å². The average Bonchev–Trinajstić information content (AvgIpc) is 2.97. The minimum atomic E-state index is -1.69. The minimum absolute atomic E-state index is 0.0122. The minimum Gasteiger partial charge on any atom is -0.465 e. The summed E-state index contributed by atoms with van der Waals surface area (Å²) in [6.07, 6.45) is -0.916. The Morgan fingerprint density at radius 3 is 2.52 bits per heavy atom. The van der Waals surface area contributed by atoms with Gasteiger partial charge in [0, 0.05) is 28.6 Å². The summed E-state index contributed by atoms with van der Waals surface area (Å²) >= 11 is 11.9. The highest BCUT2D eigenvalue weighted by Crippen LogP contribution is 2.56. The second kappa shape index (κ2) is 8.29.